The summed E-state index contributed by atoms with van der Waals surface area (Å²) in [6.07, 6.45) is 3.26. The number of rotatable bonds is 5. The minimum atomic E-state index is -0.218. The van der Waals surface area contributed by atoms with Crippen molar-refractivity contribution in [2.75, 3.05) is 12.3 Å². The Kier molecular flexibility index (Phi) is 5.62. The molecule has 2 N–H and O–H groups in total. The van der Waals surface area contributed by atoms with Gasteiger partial charge in [0, 0.05) is 38.0 Å². The van der Waals surface area contributed by atoms with Crippen LogP contribution in [0.2, 0.25) is 0 Å². The third-order valence-electron chi connectivity index (χ3n) is 2.31. The van der Waals surface area contributed by atoms with Crippen molar-refractivity contribution in [3.8, 4) is 0 Å². The average Bonchev–Trinajstić information content (AvgIpc) is 2.63. The van der Waals surface area contributed by atoms with Crippen LogP contribution in [0.15, 0.2) is 16.6 Å². The Labute approximate surface area is 115 Å². The SMILES string of the molecule is CC(=O)NCCSC(=O)/C(C)=C/c1cn(C)c(=O)[nH]1. The van der Waals surface area contributed by atoms with E-state index in [1.807, 2.05) is 0 Å². The molecule has 0 aliphatic heterocycles. The van der Waals surface area contributed by atoms with Gasteiger partial charge in [-0.1, -0.05) is 11.8 Å². The van der Waals surface area contributed by atoms with E-state index >= 15 is 0 Å². The molecule has 0 saturated heterocycles. The van der Waals surface area contributed by atoms with Crippen LogP contribution in [0.25, 0.3) is 6.08 Å². The van der Waals surface area contributed by atoms with Crippen LogP contribution in [-0.4, -0.2) is 32.9 Å². The van der Waals surface area contributed by atoms with E-state index in [4.69, 9.17) is 0 Å². The van der Waals surface area contributed by atoms with Gasteiger partial charge in [-0.2, -0.15) is 0 Å². The number of carbonyl (C=O) groups excluding carboxylic acids is 2. The lowest BCUT2D eigenvalue weighted by Gasteiger charge is -2.01. The van der Waals surface area contributed by atoms with Crippen LogP contribution < -0.4 is 11.0 Å². The Hall–Kier alpha value is -1.76. The topological polar surface area (TPSA) is 84.0 Å². The number of aryl methyl sites for hydroxylation is 1. The Balaban J connectivity index is 2.52. The van der Waals surface area contributed by atoms with Gasteiger partial charge in [0.2, 0.25) is 11.0 Å². The van der Waals surface area contributed by atoms with Gasteiger partial charge in [-0.25, -0.2) is 4.79 Å². The van der Waals surface area contributed by atoms with E-state index in [1.165, 1.54) is 11.5 Å². The first-order valence-corrected chi connectivity index (χ1v) is 6.74. The first kappa shape index (κ1) is 15.3. The highest BCUT2D eigenvalue weighted by molar-refractivity contribution is 8.14. The molecule has 0 aliphatic rings. The normalized spacial score (nSPS) is 11.4. The molecule has 0 unspecified atom stereocenters. The summed E-state index contributed by atoms with van der Waals surface area (Å²) < 4.78 is 1.41. The molecule has 0 radical (unpaired) electrons. The fraction of sp³-hybridized carbons (Fsp3) is 0.417. The molecule has 1 heterocycles. The van der Waals surface area contributed by atoms with Crippen LogP contribution in [-0.2, 0) is 16.6 Å². The number of nitrogens with one attached hydrogen (secondary N) is 2. The number of imidazole rings is 1. The van der Waals surface area contributed by atoms with Gasteiger partial charge >= 0.3 is 5.69 Å². The Bertz CT molecular complexity index is 557. The number of amides is 1. The van der Waals surface area contributed by atoms with Crippen LogP contribution in [0.4, 0.5) is 0 Å². The molecule has 7 heteroatoms. The third kappa shape index (κ3) is 5.17. The fourth-order valence-electron chi connectivity index (χ4n) is 1.36. The second kappa shape index (κ2) is 6.98. The van der Waals surface area contributed by atoms with Crippen LogP contribution >= 0.6 is 11.8 Å². The maximum Gasteiger partial charge on any atom is 0.325 e. The second-order valence-corrected chi connectivity index (χ2v) is 5.14. The minimum absolute atomic E-state index is 0.0740. The van der Waals surface area contributed by atoms with E-state index in [1.54, 1.807) is 26.2 Å². The van der Waals surface area contributed by atoms with Crippen molar-refractivity contribution in [1.29, 1.82) is 0 Å². The quantitative estimate of drug-likeness (QED) is 0.609. The van der Waals surface area contributed by atoms with Crippen LogP contribution in [0.1, 0.15) is 19.5 Å². The molecule has 1 aromatic rings. The first-order valence-electron chi connectivity index (χ1n) is 5.75. The van der Waals surface area contributed by atoms with Crippen LogP contribution in [0.3, 0.4) is 0 Å². The van der Waals surface area contributed by atoms with Gasteiger partial charge in [0.25, 0.3) is 0 Å². The van der Waals surface area contributed by atoms with E-state index in [2.05, 4.69) is 10.3 Å². The average molecular weight is 283 g/mol. The zero-order chi connectivity index (χ0) is 14.4. The fourth-order valence-corrected chi connectivity index (χ4v) is 2.04. The maximum absolute atomic E-state index is 11.8. The number of aromatic amines is 1. The number of hydrogen-bond acceptors (Lipinski definition) is 4. The zero-order valence-electron chi connectivity index (χ0n) is 11.1. The molecule has 1 amide bonds. The minimum Gasteiger partial charge on any atom is -0.356 e. The van der Waals surface area contributed by atoms with Gasteiger partial charge < -0.3 is 14.9 Å². The molecule has 1 rings (SSSR count). The molecule has 0 fully saturated rings. The molecule has 0 atom stereocenters. The highest BCUT2D eigenvalue weighted by Crippen LogP contribution is 2.12. The van der Waals surface area contributed by atoms with Gasteiger partial charge in [-0.05, 0) is 13.0 Å². The molecular formula is C12H17N3O3S. The van der Waals surface area contributed by atoms with Crippen molar-refractivity contribution < 1.29 is 9.59 Å². The standard InChI is InChI=1S/C12H17N3O3S/c1-8(6-10-7-15(3)12(18)14-10)11(17)19-5-4-13-9(2)16/h6-7H,4-5H2,1-3H3,(H,13,16)(H,14,18)/b8-6+. The van der Waals surface area contributed by atoms with Crippen molar-refractivity contribution in [3.63, 3.8) is 0 Å². The van der Waals surface area contributed by atoms with E-state index in [9.17, 15) is 14.4 Å². The van der Waals surface area contributed by atoms with Gasteiger partial charge in [0.1, 0.15) is 0 Å². The summed E-state index contributed by atoms with van der Waals surface area (Å²) in [5.74, 6) is 0.414. The lowest BCUT2D eigenvalue weighted by molar-refractivity contribution is -0.118. The third-order valence-corrected chi connectivity index (χ3v) is 3.30. The summed E-state index contributed by atoms with van der Waals surface area (Å²) in [6.45, 7) is 3.59. The lowest BCUT2D eigenvalue weighted by Crippen LogP contribution is -2.22. The summed E-state index contributed by atoms with van der Waals surface area (Å²) in [6, 6.07) is 0. The lowest BCUT2D eigenvalue weighted by atomic mass is 10.3. The summed E-state index contributed by atoms with van der Waals surface area (Å²) >= 11 is 1.14. The molecular weight excluding hydrogens is 266 g/mol. The molecule has 0 bridgehead atoms. The number of nitrogens with zero attached hydrogens (tertiary/aromatic N) is 1. The molecule has 0 saturated carbocycles. The molecule has 104 valence electrons. The smallest absolute Gasteiger partial charge is 0.325 e. The highest BCUT2D eigenvalue weighted by Gasteiger charge is 2.06. The van der Waals surface area contributed by atoms with Gasteiger partial charge in [-0.3, -0.25) is 9.59 Å². The largest absolute Gasteiger partial charge is 0.356 e. The number of H-pyrrole nitrogens is 1. The second-order valence-electron chi connectivity index (χ2n) is 4.07. The van der Waals surface area contributed by atoms with E-state index in [0.717, 1.165) is 11.8 Å². The number of hydrogen-bond donors (Lipinski definition) is 2. The zero-order valence-corrected chi connectivity index (χ0v) is 12.0. The van der Waals surface area contributed by atoms with E-state index in [0.29, 0.717) is 23.6 Å². The first-order chi connectivity index (χ1) is 8.90. The van der Waals surface area contributed by atoms with Crippen molar-refractivity contribution in [3.05, 3.63) is 27.9 Å². The van der Waals surface area contributed by atoms with Crippen LogP contribution in [0.5, 0.6) is 0 Å². The Morgan fingerprint density at radius 2 is 2.16 bits per heavy atom. The van der Waals surface area contributed by atoms with Crippen molar-refractivity contribution in [2.45, 2.75) is 13.8 Å². The van der Waals surface area contributed by atoms with Gasteiger partial charge in [0.15, 0.2) is 0 Å². The Morgan fingerprint density at radius 3 is 2.68 bits per heavy atom. The highest BCUT2D eigenvalue weighted by atomic mass is 32.2. The molecule has 0 aliphatic carbocycles. The summed E-state index contributed by atoms with van der Waals surface area (Å²) in [7, 11) is 1.63. The predicted molar refractivity (Wildman–Crippen MR) is 75.8 cm³/mol. The van der Waals surface area contributed by atoms with Gasteiger partial charge in [0.05, 0.1) is 5.69 Å². The van der Waals surface area contributed by atoms with Crippen LogP contribution in [0, 0.1) is 0 Å². The number of aromatic nitrogens is 2. The monoisotopic (exact) mass is 283 g/mol. The number of carbonyl (C=O) groups is 2. The molecule has 0 spiro atoms. The van der Waals surface area contributed by atoms with Crippen molar-refractivity contribution in [1.82, 2.24) is 14.9 Å². The summed E-state index contributed by atoms with van der Waals surface area (Å²) in [5, 5.41) is 2.54. The molecule has 19 heavy (non-hydrogen) atoms. The molecule has 6 nitrogen and oxygen atoms in total. The maximum atomic E-state index is 11.8. The molecule has 0 aromatic carbocycles. The van der Waals surface area contributed by atoms with Crippen molar-refractivity contribution in [2.24, 2.45) is 7.05 Å². The Morgan fingerprint density at radius 1 is 1.47 bits per heavy atom. The summed E-state index contributed by atoms with van der Waals surface area (Å²) in [5.41, 5.74) is 0.931. The summed E-state index contributed by atoms with van der Waals surface area (Å²) in [4.78, 5) is 36.3. The van der Waals surface area contributed by atoms with E-state index in [-0.39, 0.29) is 16.7 Å². The van der Waals surface area contributed by atoms with Gasteiger partial charge in [-0.15, -0.1) is 0 Å². The molecule has 1 aromatic heterocycles. The predicted octanol–water partition coefficient (Wildman–Crippen LogP) is 0.513. The number of thioether (sulfide) groups is 1. The van der Waals surface area contributed by atoms with Crippen molar-refractivity contribution >= 4 is 28.9 Å². The van der Waals surface area contributed by atoms with E-state index < -0.39 is 0 Å².